The summed E-state index contributed by atoms with van der Waals surface area (Å²) in [5, 5.41) is 10.0. The van der Waals surface area contributed by atoms with Gasteiger partial charge >= 0.3 is 5.97 Å². The SMILES string of the molecule is Cc1c[nH]c(CN2C[C@H]3CN(C4CCCC4)C[C@@]3(C(=O)O)C2)c(C)c1=O. The fourth-order valence-corrected chi connectivity index (χ4v) is 5.37. The molecule has 3 aliphatic rings. The third-order valence-corrected chi connectivity index (χ3v) is 6.97. The predicted molar refractivity (Wildman–Crippen MR) is 99.2 cm³/mol. The summed E-state index contributed by atoms with van der Waals surface area (Å²) in [5.41, 5.74) is 1.81. The van der Waals surface area contributed by atoms with Gasteiger partial charge in [0.25, 0.3) is 0 Å². The third kappa shape index (κ3) is 2.79. The van der Waals surface area contributed by atoms with E-state index in [1.807, 2.05) is 13.8 Å². The summed E-state index contributed by atoms with van der Waals surface area (Å²) in [7, 11) is 0. The molecule has 2 saturated heterocycles. The summed E-state index contributed by atoms with van der Waals surface area (Å²) in [6.07, 6.45) is 6.75. The van der Waals surface area contributed by atoms with E-state index in [0.717, 1.165) is 29.9 Å². The molecule has 4 rings (SSSR count). The Morgan fingerprint density at radius 3 is 2.65 bits per heavy atom. The van der Waals surface area contributed by atoms with Crippen molar-refractivity contribution in [3.05, 3.63) is 33.2 Å². The zero-order valence-electron chi connectivity index (χ0n) is 15.8. The Kier molecular flexibility index (Phi) is 4.43. The molecule has 2 aliphatic heterocycles. The quantitative estimate of drug-likeness (QED) is 0.857. The van der Waals surface area contributed by atoms with Gasteiger partial charge in [-0.05, 0) is 26.7 Å². The largest absolute Gasteiger partial charge is 0.481 e. The predicted octanol–water partition coefficient (Wildman–Crippen LogP) is 1.75. The van der Waals surface area contributed by atoms with Crippen LogP contribution < -0.4 is 5.43 Å². The number of aromatic nitrogens is 1. The van der Waals surface area contributed by atoms with Crippen molar-refractivity contribution in [2.45, 2.75) is 52.1 Å². The molecular formula is C20H29N3O3. The first kappa shape index (κ1) is 17.7. The summed E-state index contributed by atoms with van der Waals surface area (Å²) in [5.74, 6) is -0.474. The van der Waals surface area contributed by atoms with Gasteiger partial charge in [0.2, 0.25) is 0 Å². The number of aromatic amines is 1. The minimum absolute atomic E-state index is 0.0819. The van der Waals surface area contributed by atoms with Gasteiger partial charge in [-0.2, -0.15) is 0 Å². The van der Waals surface area contributed by atoms with E-state index in [9.17, 15) is 14.7 Å². The molecule has 3 heterocycles. The van der Waals surface area contributed by atoms with Gasteiger partial charge in [-0.25, -0.2) is 0 Å². The number of carbonyl (C=O) groups is 1. The van der Waals surface area contributed by atoms with Crippen molar-refractivity contribution in [1.82, 2.24) is 14.8 Å². The van der Waals surface area contributed by atoms with Crippen molar-refractivity contribution in [1.29, 1.82) is 0 Å². The van der Waals surface area contributed by atoms with Crippen LogP contribution in [0.4, 0.5) is 0 Å². The number of H-pyrrole nitrogens is 1. The first-order valence-corrected chi connectivity index (χ1v) is 9.78. The number of nitrogens with one attached hydrogen (secondary N) is 1. The van der Waals surface area contributed by atoms with Crippen molar-refractivity contribution in [3.8, 4) is 0 Å². The van der Waals surface area contributed by atoms with E-state index >= 15 is 0 Å². The molecule has 1 aromatic rings. The summed E-state index contributed by atoms with van der Waals surface area (Å²) in [6, 6.07) is 0.584. The summed E-state index contributed by atoms with van der Waals surface area (Å²) >= 11 is 0. The zero-order valence-corrected chi connectivity index (χ0v) is 15.8. The molecule has 3 fully saturated rings. The van der Waals surface area contributed by atoms with Crippen molar-refractivity contribution >= 4 is 5.97 Å². The highest BCUT2D eigenvalue weighted by atomic mass is 16.4. The number of likely N-dealkylation sites (tertiary alicyclic amines) is 2. The van der Waals surface area contributed by atoms with Crippen molar-refractivity contribution in [2.24, 2.45) is 11.3 Å². The normalized spacial score (nSPS) is 30.2. The lowest BCUT2D eigenvalue weighted by molar-refractivity contribution is -0.149. The molecule has 26 heavy (non-hydrogen) atoms. The molecule has 2 atom stereocenters. The molecule has 1 aliphatic carbocycles. The average Bonchev–Trinajstić information content (AvgIpc) is 3.29. The highest BCUT2D eigenvalue weighted by molar-refractivity contribution is 5.77. The molecular weight excluding hydrogens is 330 g/mol. The van der Waals surface area contributed by atoms with Gasteiger partial charge in [0.15, 0.2) is 5.43 Å². The molecule has 142 valence electrons. The van der Waals surface area contributed by atoms with Crippen LogP contribution in [0.5, 0.6) is 0 Å². The Bertz CT molecular complexity index is 768. The van der Waals surface area contributed by atoms with Gasteiger partial charge in [-0.15, -0.1) is 0 Å². The first-order valence-electron chi connectivity index (χ1n) is 9.78. The minimum atomic E-state index is -0.653. The first-order chi connectivity index (χ1) is 12.4. The van der Waals surface area contributed by atoms with Gasteiger partial charge in [0, 0.05) is 67.7 Å². The number of fused-ring (bicyclic) bond motifs is 1. The number of aryl methyl sites for hydroxylation is 1. The van der Waals surface area contributed by atoms with Crippen molar-refractivity contribution in [2.75, 3.05) is 26.2 Å². The van der Waals surface area contributed by atoms with Crippen LogP contribution >= 0.6 is 0 Å². The lowest BCUT2D eigenvalue weighted by Gasteiger charge is -2.28. The lowest BCUT2D eigenvalue weighted by Crippen LogP contribution is -2.42. The van der Waals surface area contributed by atoms with Crippen LogP contribution in [0.15, 0.2) is 11.0 Å². The topological polar surface area (TPSA) is 76.6 Å². The van der Waals surface area contributed by atoms with Gasteiger partial charge < -0.3 is 10.1 Å². The van der Waals surface area contributed by atoms with E-state index < -0.39 is 11.4 Å². The number of aliphatic carboxylic acids is 1. The maximum absolute atomic E-state index is 12.2. The fourth-order valence-electron chi connectivity index (χ4n) is 5.37. The second-order valence-electron chi connectivity index (χ2n) is 8.60. The van der Waals surface area contributed by atoms with Crippen molar-refractivity contribution < 1.29 is 9.90 Å². The Balaban J connectivity index is 1.51. The van der Waals surface area contributed by atoms with Crippen LogP contribution in [0, 0.1) is 25.2 Å². The second kappa shape index (κ2) is 6.50. The molecule has 0 spiro atoms. The summed E-state index contributed by atoms with van der Waals surface area (Å²) < 4.78 is 0. The molecule has 0 unspecified atom stereocenters. The maximum atomic E-state index is 12.2. The molecule has 1 saturated carbocycles. The van der Waals surface area contributed by atoms with Crippen LogP contribution in [0.3, 0.4) is 0 Å². The van der Waals surface area contributed by atoms with Gasteiger partial charge in [-0.3, -0.25) is 19.4 Å². The highest BCUT2D eigenvalue weighted by Crippen LogP contribution is 2.45. The summed E-state index contributed by atoms with van der Waals surface area (Å²) in [6.45, 7) is 7.24. The molecule has 0 aromatic carbocycles. The van der Waals surface area contributed by atoms with Crippen LogP contribution in [0.1, 0.15) is 42.5 Å². The number of carboxylic acids is 1. The maximum Gasteiger partial charge on any atom is 0.312 e. The number of hydrogen-bond acceptors (Lipinski definition) is 4. The van der Waals surface area contributed by atoms with E-state index in [-0.39, 0.29) is 11.3 Å². The van der Waals surface area contributed by atoms with Crippen LogP contribution in [-0.2, 0) is 11.3 Å². The molecule has 0 radical (unpaired) electrons. The third-order valence-electron chi connectivity index (χ3n) is 6.97. The molecule has 6 nitrogen and oxygen atoms in total. The van der Waals surface area contributed by atoms with Crippen LogP contribution in [-0.4, -0.2) is 58.1 Å². The van der Waals surface area contributed by atoms with Crippen LogP contribution in [0.2, 0.25) is 0 Å². The van der Waals surface area contributed by atoms with E-state index in [0.29, 0.717) is 25.7 Å². The molecule has 0 amide bonds. The van der Waals surface area contributed by atoms with Gasteiger partial charge in [0.1, 0.15) is 0 Å². The smallest absolute Gasteiger partial charge is 0.312 e. The van der Waals surface area contributed by atoms with E-state index in [4.69, 9.17) is 0 Å². The van der Waals surface area contributed by atoms with E-state index in [1.54, 1.807) is 6.20 Å². The summed E-state index contributed by atoms with van der Waals surface area (Å²) in [4.78, 5) is 32.3. The standard InChI is InChI=1S/C20H29N3O3/c1-13-7-21-17(14(2)18(13)24)10-22-8-15-9-23(16-5-3-4-6-16)12-20(15,11-22)19(25)26/h7,15-16H,3-6,8-12H2,1-2H3,(H,21,24)(H,25,26)/t15-,20-/m0/s1. The van der Waals surface area contributed by atoms with Gasteiger partial charge in [0.05, 0.1) is 5.41 Å². The molecule has 2 N–H and O–H groups in total. The number of pyridine rings is 1. The van der Waals surface area contributed by atoms with Crippen LogP contribution in [0.25, 0.3) is 0 Å². The average molecular weight is 359 g/mol. The lowest BCUT2D eigenvalue weighted by atomic mass is 9.81. The Hall–Kier alpha value is -1.66. The Labute approximate surface area is 154 Å². The van der Waals surface area contributed by atoms with Gasteiger partial charge in [-0.1, -0.05) is 12.8 Å². The minimum Gasteiger partial charge on any atom is -0.481 e. The highest BCUT2D eigenvalue weighted by Gasteiger charge is 2.58. The number of hydrogen-bond donors (Lipinski definition) is 2. The number of rotatable bonds is 4. The second-order valence-corrected chi connectivity index (χ2v) is 8.60. The fraction of sp³-hybridized carbons (Fsp3) is 0.700. The van der Waals surface area contributed by atoms with E-state index in [2.05, 4.69) is 14.8 Å². The Morgan fingerprint density at radius 1 is 1.27 bits per heavy atom. The number of nitrogens with zero attached hydrogens (tertiary/aromatic N) is 2. The number of carboxylic acid groups (broad SMARTS) is 1. The molecule has 0 bridgehead atoms. The zero-order chi connectivity index (χ0) is 18.5. The monoisotopic (exact) mass is 359 g/mol. The molecule has 1 aromatic heterocycles. The van der Waals surface area contributed by atoms with E-state index in [1.165, 1.54) is 25.7 Å². The molecule has 6 heteroatoms. The van der Waals surface area contributed by atoms with Crippen molar-refractivity contribution in [3.63, 3.8) is 0 Å². The Morgan fingerprint density at radius 2 is 2.00 bits per heavy atom.